The van der Waals surface area contributed by atoms with Crippen molar-refractivity contribution in [3.8, 4) is 5.13 Å². The summed E-state index contributed by atoms with van der Waals surface area (Å²) in [5.74, 6) is 0. The van der Waals surface area contributed by atoms with Crippen LogP contribution in [0.4, 0.5) is 0 Å². The molecule has 2 heterocycles. The number of thiazole rings is 1. The second-order valence-electron chi connectivity index (χ2n) is 2.87. The lowest BCUT2D eigenvalue weighted by atomic mass is 10.2. The van der Waals surface area contributed by atoms with E-state index < -0.39 is 0 Å². The van der Waals surface area contributed by atoms with E-state index >= 15 is 0 Å². The molecular formula is C9H11N3S. The molecule has 0 atom stereocenters. The fourth-order valence-corrected chi connectivity index (χ4v) is 1.84. The minimum atomic E-state index is 0.933. The van der Waals surface area contributed by atoms with Gasteiger partial charge in [-0.25, -0.2) is 9.67 Å². The third-order valence-electron chi connectivity index (χ3n) is 1.95. The Bertz CT molecular complexity index is 389. The second kappa shape index (κ2) is 3.30. The maximum absolute atomic E-state index is 4.44. The van der Waals surface area contributed by atoms with E-state index in [1.165, 1.54) is 5.56 Å². The topological polar surface area (TPSA) is 30.7 Å². The Kier molecular flexibility index (Phi) is 2.14. The van der Waals surface area contributed by atoms with Gasteiger partial charge in [0, 0.05) is 17.8 Å². The number of hydrogen-bond acceptors (Lipinski definition) is 3. The quantitative estimate of drug-likeness (QED) is 0.732. The van der Waals surface area contributed by atoms with E-state index in [4.69, 9.17) is 0 Å². The molecule has 0 fully saturated rings. The van der Waals surface area contributed by atoms with Crippen LogP contribution in [0.25, 0.3) is 5.13 Å². The molecule has 68 valence electrons. The number of aryl methyl sites for hydroxylation is 2. The summed E-state index contributed by atoms with van der Waals surface area (Å²) < 4.78 is 1.85. The summed E-state index contributed by atoms with van der Waals surface area (Å²) in [6.45, 7) is 4.19. The highest BCUT2D eigenvalue weighted by atomic mass is 32.1. The summed E-state index contributed by atoms with van der Waals surface area (Å²) in [5.41, 5.74) is 2.38. The summed E-state index contributed by atoms with van der Waals surface area (Å²) in [6.07, 6.45) is 4.80. The van der Waals surface area contributed by atoms with Gasteiger partial charge >= 0.3 is 0 Å². The smallest absolute Gasteiger partial charge is 0.210 e. The Morgan fingerprint density at radius 3 is 2.92 bits per heavy atom. The predicted molar refractivity (Wildman–Crippen MR) is 53.4 cm³/mol. The molecule has 0 saturated carbocycles. The zero-order valence-electron chi connectivity index (χ0n) is 7.69. The fourth-order valence-electron chi connectivity index (χ4n) is 1.27. The van der Waals surface area contributed by atoms with Crippen LogP contribution in [0.1, 0.15) is 18.2 Å². The lowest BCUT2D eigenvalue weighted by Gasteiger charge is -1.91. The molecule has 0 N–H and O–H groups in total. The first-order chi connectivity index (χ1) is 6.31. The summed E-state index contributed by atoms with van der Waals surface area (Å²) in [5, 5.41) is 7.32. The van der Waals surface area contributed by atoms with Gasteiger partial charge in [0.2, 0.25) is 5.13 Å². The van der Waals surface area contributed by atoms with Gasteiger partial charge in [-0.2, -0.15) is 5.10 Å². The maximum atomic E-state index is 4.44. The molecule has 0 aliphatic heterocycles. The minimum Gasteiger partial charge on any atom is -0.227 e. The minimum absolute atomic E-state index is 0.933. The molecule has 0 aliphatic rings. The Hall–Kier alpha value is -1.16. The van der Waals surface area contributed by atoms with Crippen molar-refractivity contribution in [3.63, 3.8) is 0 Å². The van der Waals surface area contributed by atoms with Crippen LogP contribution in [-0.4, -0.2) is 14.8 Å². The van der Waals surface area contributed by atoms with Gasteiger partial charge in [0.25, 0.3) is 0 Å². The number of nitrogens with zero attached hydrogens (tertiary/aromatic N) is 3. The van der Waals surface area contributed by atoms with Crippen LogP contribution in [0.2, 0.25) is 0 Å². The lowest BCUT2D eigenvalue weighted by molar-refractivity contribution is 0.833. The second-order valence-corrected chi connectivity index (χ2v) is 3.74. The molecule has 3 nitrogen and oxygen atoms in total. The van der Waals surface area contributed by atoms with Crippen molar-refractivity contribution < 1.29 is 0 Å². The Balaban J connectivity index is 2.43. The Labute approximate surface area is 81.1 Å². The van der Waals surface area contributed by atoms with Gasteiger partial charge in [0.05, 0.1) is 5.69 Å². The average molecular weight is 193 g/mol. The highest BCUT2D eigenvalue weighted by Gasteiger charge is 2.05. The van der Waals surface area contributed by atoms with E-state index in [-0.39, 0.29) is 0 Å². The van der Waals surface area contributed by atoms with Crippen molar-refractivity contribution in [2.45, 2.75) is 20.3 Å². The van der Waals surface area contributed by atoms with Crippen LogP contribution < -0.4 is 0 Å². The molecule has 2 aromatic rings. The monoisotopic (exact) mass is 193 g/mol. The average Bonchev–Trinajstić information content (AvgIpc) is 2.71. The van der Waals surface area contributed by atoms with Crippen LogP contribution in [0.5, 0.6) is 0 Å². The summed E-state index contributed by atoms with van der Waals surface area (Å²) in [7, 11) is 0. The van der Waals surface area contributed by atoms with E-state index in [1.54, 1.807) is 17.5 Å². The van der Waals surface area contributed by atoms with Crippen molar-refractivity contribution in [1.82, 2.24) is 14.8 Å². The fraction of sp³-hybridized carbons (Fsp3) is 0.333. The molecular weight excluding hydrogens is 182 g/mol. The van der Waals surface area contributed by atoms with Crippen molar-refractivity contribution in [3.05, 3.63) is 29.0 Å². The van der Waals surface area contributed by atoms with E-state index in [0.29, 0.717) is 0 Å². The van der Waals surface area contributed by atoms with Gasteiger partial charge in [-0.3, -0.25) is 0 Å². The van der Waals surface area contributed by atoms with Gasteiger partial charge in [-0.15, -0.1) is 11.3 Å². The molecule has 0 bridgehead atoms. The van der Waals surface area contributed by atoms with E-state index in [9.17, 15) is 0 Å². The zero-order chi connectivity index (χ0) is 9.26. The molecule has 0 unspecified atom stereocenters. The molecule has 0 spiro atoms. The summed E-state index contributed by atoms with van der Waals surface area (Å²) >= 11 is 1.60. The van der Waals surface area contributed by atoms with Crippen LogP contribution in [0.15, 0.2) is 17.8 Å². The first kappa shape index (κ1) is 8.44. The van der Waals surface area contributed by atoms with Gasteiger partial charge in [0.1, 0.15) is 0 Å². The highest BCUT2D eigenvalue weighted by Crippen LogP contribution is 2.13. The van der Waals surface area contributed by atoms with E-state index in [1.807, 2.05) is 16.3 Å². The first-order valence-electron chi connectivity index (χ1n) is 4.26. The van der Waals surface area contributed by atoms with Crippen LogP contribution in [-0.2, 0) is 6.42 Å². The SMILES string of the molecule is CCc1nn(-c2nccs2)cc1C. The predicted octanol–water partition coefficient (Wildman–Crippen LogP) is 2.20. The molecule has 0 aromatic carbocycles. The van der Waals surface area contributed by atoms with E-state index in [2.05, 4.69) is 23.9 Å². The van der Waals surface area contributed by atoms with Crippen molar-refractivity contribution in [2.75, 3.05) is 0 Å². The largest absolute Gasteiger partial charge is 0.227 e. The molecule has 2 aromatic heterocycles. The Morgan fingerprint density at radius 2 is 2.38 bits per heavy atom. The van der Waals surface area contributed by atoms with Gasteiger partial charge < -0.3 is 0 Å². The molecule has 0 saturated heterocycles. The van der Waals surface area contributed by atoms with Crippen molar-refractivity contribution in [2.24, 2.45) is 0 Å². The van der Waals surface area contributed by atoms with Crippen LogP contribution >= 0.6 is 11.3 Å². The third kappa shape index (κ3) is 1.49. The van der Waals surface area contributed by atoms with Gasteiger partial charge in [-0.05, 0) is 18.9 Å². The standard InChI is InChI=1S/C9H11N3S/c1-3-8-7(2)6-12(11-8)9-10-4-5-13-9/h4-6H,3H2,1-2H3. The van der Waals surface area contributed by atoms with E-state index in [0.717, 1.165) is 17.2 Å². The highest BCUT2D eigenvalue weighted by molar-refractivity contribution is 7.12. The third-order valence-corrected chi connectivity index (χ3v) is 2.71. The number of rotatable bonds is 2. The first-order valence-corrected chi connectivity index (χ1v) is 5.14. The van der Waals surface area contributed by atoms with Crippen LogP contribution in [0.3, 0.4) is 0 Å². The maximum Gasteiger partial charge on any atom is 0.210 e. The lowest BCUT2D eigenvalue weighted by Crippen LogP contribution is -1.94. The summed E-state index contributed by atoms with van der Waals surface area (Å²) in [6, 6.07) is 0. The van der Waals surface area contributed by atoms with Gasteiger partial charge in [0.15, 0.2) is 0 Å². The molecule has 4 heteroatoms. The van der Waals surface area contributed by atoms with Crippen LogP contribution in [0, 0.1) is 6.92 Å². The summed E-state index contributed by atoms with van der Waals surface area (Å²) in [4.78, 5) is 4.19. The normalized spacial score (nSPS) is 10.6. The van der Waals surface area contributed by atoms with Crippen molar-refractivity contribution in [1.29, 1.82) is 0 Å². The molecule has 0 amide bonds. The molecule has 0 radical (unpaired) electrons. The number of aromatic nitrogens is 3. The van der Waals surface area contributed by atoms with Crippen molar-refractivity contribution >= 4 is 11.3 Å². The zero-order valence-corrected chi connectivity index (χ0v) is 8.51. The Morgan fingerprint density at radius 1 is 1.54 bits per heavy atom. The molecule has 13 heavy (non-hydrogen) atoms. The molecule has 0 aliphatic carbocycles. The van der Waals surface area contributed by atoms with Gasteiger partial charge in [-0.1, -0.05) is 6.92 Å². The molecule has 2 rings (SSSR count). The number of hydrogen-bond donors (Lipinski definition) is 0.